The maximum Gasteiger partial charge on any atom is 0.300 e. The topological polar surface area (TPSA) is 149 Å². The lowest BCUT2D eigenvalue weighted by molar-refractivity contribution is -0.135. The molecule has 0 aliphatic heterocycles. The molecule has 0 aromatic rings. The lowest BCUT2D eigenvalue weighted by Gasteiger charge is -2.17. The van der Waals surface area contributed by atoms with Crippen LogP contribution in [-0.4, -0.2) is 58.5 Å². The maximum absolute atomic E-state index is 9.00. The first-order valence-corrected chi connectivity index (χ1v) is 12.1. The van der Waals surface area contributed by atoms with Crippen LogP contribution >= 0.6 is 0 Å². The smallest absolute Gasteiger partial charge is 0.300 e. The van der Waals surface area contributed by atoms with Crippen molar-refractivity contribution < 1.29 is 39.6 Å². The molecule has 0 aromatic heterocycles. The first kappa shape index (κ1) is 38.1. The van der Waals surface area contributed by atoms with Crippen LogP contribution in [0.2, 0.25) is 15.8 Å². The Balaban J connectivity index is -0.0000000984. The molecule has 0 saturated carbocycles. The molecular formula is C20H43AlO8. The van der Waals surface area contributed by atoms with Crippen molar-refractivity contribution in [3.05, 3.63) is 0 Å². The van der Waals surface area contributed by atoms with Crippen LogP contribution in [-0.2, 0) is 19.2 Å². The van der Waals surface area contributed by atoms with Gasteiger partial charge in [-0.1, -0.05) is 75.1 Å². The Morgan fingerprint density at radius 1 is 0.517 bits per heavy atom. The summed E-state index contributed by atoms with van der Waals surface area (Å²) < 4.78 is 0. The van der Waals surface area contributed by atoms with E-state index >= 15 is 0 Å². The Kier molecular flexibility index (Phi) is 34.7. The minimum atomic E-state index is -0.833. The van der Waals surface area contributed by atoms with Gasteiger partial charge in [0, 0.05) is 27.7 Å². The van der Waals surface area contributed by atoms with Gasteiger partial charge in [-0.2, -0.15) is 0 Å². The second kappa shape index (κ2) is 26.4. The average molecular weight is 439 g/mol. The summed E-state index contributed by atoms with van der Waals surface area (Å²) in [6.07, 6.45) is 0. The van der Waals surface area contributed by atoms with E-state index in [4.69, 9.17) is 39.6 Å². The molecule has 4 N–H and O–H groups in total. The third-order valence-corrected chi connectivity index (χ3v) is 7.24. The molecule has 29 heavy (non-hydrogen) atoms. The zero-order valence-electron chi connectivity index (χ0n) is 19.9. The van der Waals surface area contributed by atoms with Crippen LogP contribution in [0.1, 0.15) is 69.2 Å². The Morgan fingerprint density at radius 3 is 0.690 bits per heavy atom. The van der Waals surface area contributed by atoms with Gasteiger partial charge in [-0.3, -0.25) is 19.2 Å². The number of carboxylic acid groups (broad SMARTS) is 4. The Bertz CT molecular complexity index is 333. The van der Waals surface area contributed by atoms with Gasteiger partial charge in [0.1, 0.15) is 0 Å². The van der Waals surface area contributed by atoms with Crippen LogP contribution in [0.3, 0.4) is 0 Å². The van der Waals surface area contributed by atoms with Crippen molar-refractivity contribution >= 4 is 38.0 Å². The zero-order valence-corrected chi connectivity index (χ0v) is 21.0. The standard InChI is InChI=1S/3C4H9.4C2H4O2.Al/c3*1-4(2)3;4*1-2(3)4;/h3*4H,1H2,2-3H3;4*1H3,(H,3,4);. The van der Waals surface area contributed by atoms with E-state index in [0.29, 0.717) is 0 Å². The average Bonchev–Trinajstić information content (AvgIpc) is 2.32. The molecule has 0 heterocycles. The molecule has 0 aromatic carbocycles. The molecule has 0 aliphatic rings. The fraction of sp³-hybridized carbons (Fsp3) is 0.800. The van der Waals surface area contributed by atoms with E-state index in [0.717, 1.165) is 45.4 Å². The first-order valence-electron chi connectivity index (χ1n) is 9.62. The SMILES string of the molecule is CC(=O)O.CC(=O)O.CC(=O)O.CC(=O)O.CC(C)[CH2][Al]([CH2]C(C)C)[CH2]C(C)C. The lowest BCUT2D eigenvalue weighted by atomic mass is 10.2. The molecule has 0 atom stereocenters. The van der Waals surface area contributed by atoms with Gasteiger partial charge in [-0.25, -0.2) is 0 Å². The van der Waals surface area contributed by atoms with E-state index < -0.39 is 38.0 Å². The normalized spacial score (nSPS) is 8.72. The minimum absolute atomic E-state index is 0.407. The van der Waals surface area contributed by atoms with Gasteiger partial charge in [0.15, 0.2) is 0 Å². The van der Waals surface area contributed by atoms with Crippen LogP contribution < -0.4 is 0 Å². The van der Waals surface area contributed by atoms with Crippen molar-refractivity contribution in [2.24, 2.45) is 17.8 Å². The molecule has 0 radical (unpaired) electrons. The summed E-state index contributed by atoms with van der Waals surface area (Å²) in [5.41, 5.74) is 0. The molecule has 0 saturated heterocycles. The van der Waals surface area contributed by atoms with E-state index in [1.54, 1.807) is 15.8 Å². The summed E-state index contributed by atoms with van der Waals surface area (Å²) in [7, 11) is 0. The van der Waals surface area contributed by atoms with Crippen LogP contribution in [0.15, 0.2) is 0 Å². The fourth-order valence-corrected chi connectivity index (χ4v) is 6.87. The third-order valence-electron chi connectivity index (χ3n) is 2.41. The third kappa shape index (κ3) is 145. The number of carboxylic acids is 4. The summed E-state index contributed by atoms with van der Waals surface area (Å²) in [5.74, 6) is -0.558. The van der Waals surface area contributed by atoms with Crippen molar-refractivity contribution in [2.75, 3.05) is 0 Å². The summed E-state index contributed by atoms with van der Waals surface area (Å²) in [5, 5.41) is 34.3. The number of hydrogen-bond acceptors (Lipinski definition) is 4. The van der Waals surface area contributed by atoms with Gasteiger partial charge in [0.2, 0.25) is 0 Å². The van der Waals surface area contributed by atoms with E-state index in [2.05, 4.69) is 41.5 Å². The van der Waals surface area contributed by atoms with Gasteiger partial charge in [0.25, 0.3) is 38.0 Å². The van der Waals surface area contributed by atoms with Crippen LogP contribution in [0.5, 0.6) is 0 Å². The van der Waals surface area contributed by atoms with Crippen LogP contribution in [0, 0.1) is 17.8 Å². The predicted molar refractivity (Wildman–Crippen MR) is 118 cm³/mol. The van der Waals surface area contributed by atoms with E-state index in [1.807, 2.05) is 0 Å². The molecule has 174 valence electrons. The Hall–Kier alpha value is -1.59. The predicted octanol–water partition coefficient (Wildman–Crippen LogP) is 4.81. The largest absolute Gasteiger partial charge is 0.481 e. The molecule has 0 aliphatic carbocycles. The lowest BCUT2D eigenvalue weighted by Crippen LogP contribution is -2.19. The Labute approximate surface area is 180 Å². The van der Waals surface area contributed by atoms with Gasteiger partial charge >= 0.3 is 0 Å². The number of carbonyl (C=O) groups is 4. The van der Waals surface area contributed by atoms with Gasteiger partial charge in [-0.05, 0) is 0 Å². The van der Waals surface area contributed by atoms with Crippen molar-refractivity contribution in [1.82, 2.24) is 0 Å². The number of rotatable bonds is 6. The highest BCUT2D eigenvalue weighted by molar-refractivity contribution is 6.58. The van der Waals surface area contributed by atoms with Gasteiger partial charge in [-0.15, -0.1) is 0 Å². The van der Waals surface area contributed by atoms with E-state index in [9.17, 15) is 0 Å². The summed E-state index contributed by atoms with van der Waals surface area (Å²) in [6.45, 7) is 18.6. The van der Waals surface area contributed by atoms with Gasteiger partial charge < -0.3 is 20.4 Å². The molecule has 8 nitrogen and oxygen atoms in total. The molecule has 0 bridgehead atoms. The molecule has 0 spiro atoms. The van der Waals surface area contributed by atoms with Crippen LogP contribution in [0.25, 0.3) is 0 Å². The summed E-state index contributed by atoms with van der Waals surface area (Å²) in [4.78, 5) is 36.0. The zero-order chi connectivity index (χ0) is 24.7. The fourth-order valence-electron chi connectivity index (χ4n) is 2.29. The second-order valence-electron chi connectivity index (χ2n) is 7.83. The van der Waals surface area contributed by atoms with E-state index in [-0.39, 0.29) is 0 Å². The van der Waals surface area contributed by atoms with Gasteiger partial charge in [0.05, 0.1) is 0 Å². The monoisotopic (exact) mass is 438 g/mol. The van der Waals surface area contributed by atoms with Crippen LogP contribution in [0.4, 0.5) is 0 Å². The van der Waals surface area contributed by atoms with Crippen molar-refractivity contribution in [1.29, 1.82) is 0 Å². The summed E-state index contributed by atoms with van der Waals surface area (Å²) >= 11 is -0.407. The molecule has 0 rings (SSSR count). The molecule has 0 amide bonds. The second-order valence-corrected chi connectivity index (χ2v) is 11.0. The van der Waals surface area contributed by atoms with Crippen molar-refractivity contribution in [2.45, 2.75) is 85.1 Å². The number of aliphatic carboxylic acids is 4. The molecule has 9 heteroatoms. The maximum atomic E-state index is 9.00. The molecule has 0 unspecified atom stereocenters. The molecular weight excluding hydrogens is 395 g/mol. The quantitative estimate of drug-likeness (QED) is 0.431. The highest BCUT2D eigenvalue weighted by atomic mass is 27.2. The number of hydrogen-bond donors (Lipinski definition) is 4. The van der Waals surface area contributed by atoms with Crippen molar-refractivity contribution in [3.63, 3.8) is 0 Å². The Morgan fingerprint density at radius 2 is 0.621 bits per heavy atom. The highest BCUT2D eigenvalue weighted by Gasteiger charge is 2.20. The highest BCUT2D eigenvalue weighted by Crippen LogP contribution is 2.20. The summed E-state index contributed by atoms with van der Waals surface area (Å²) in [6, 6.07) is 0. The first-order chi connectivity index (χ1) is 12.8. The molecule has 0 fully saturated rings. The minimum Gasteiger partial charge on any atom is -0.481 e. The van der Waals surface area contributed by atoms with Crippen molar-refractivity contribution in [3.8, 4) is 0 Å². The van der Waals surface area contributed by atoms with E-state index in [1.165, 1.54) is 0 Å².